The van der Waals surface area contributed by atoms with Crippen molar-refractivity contribution in [3.8, 4) is 0 Å². The van der Waals surface area contributed by atoms with Crippen LogP contribution in [0.1, 0.15) is 24.4 Å². The fourth-order valence-corrected chi connectivity index (χ4v) is 2.58. The van der Waals surface area contributed by atoms with Crippen LogP contribution in [0.4, 0.5) is 5.13 Å². The van der Waals surface area contributed by atoms with Gasteiger partial charge in [-0.05, 0) is 13.8 Å². The fourth-order valence-electron chi connectivity index (χ4n) is 1.68. The van der Waals surface area contributed by atoms with Crippen molar-refractivity contribution in [3.05, 3.63) is 10.6 Å². The van der Waals surface area contributed by atoms with Crippen LogP contribution in [0.5, 0.6) is 0 Å². The van der Waals surface area contributed by atoms with Crippen molar-refractivity contribution in [1.29, 1.82) is 0 Å². The molecule has 4 heteroatoms. The standard InChI is InChI=1S/C9H15N3S/c1-6(2)12-4-3-7-8(5-12)13-9(10)11-7/h6H,3-5H2,1-2H3,(H2,10,11). The molecule has 3 nitrogen and oxygen atoms in total. The van der Waals surface area contributed by atoms with E-state index in [1.165, 1.54) is 10.6 Å². The number of anilines is 1. The molecule has 0 amide bonds. The molecule has 0 aromatic carbocycles. The van der Waals surface area contributed by atoms with Crippen molar-refractivity contribution in [3.63, 3.8) is 0 Å². The Balaban J connectivity index is 2.19. The zero-order valence-electron chi connectivity index (χ0n) is 8.08. The summed E-state index contributed by atoms with van der Waals surface area (Å²) < 4.78 is 0. The molecule has 0 unspecified atom stereocenters. The average Bonchev–Trinajstić information content (AvgIpc) is 2.42. The molecule has 72 valence electrons. The first-order chi connectivity index (χ1) is 6.16. The second-order valence-electron chi connectivity index (χ2n) is 3.74. The lowest BCUT2D eigenvalue weighted by Gasteiger charge is -2.29. The first-order valence-electron chi connectivity index (χ1n) is 4.65. The molecule has 0 atom stereocenters. The molecule has 13 heavy (non-hydrogen) atoms. The van der Waals surface area contributed by atoms with Crippen molar-refractivity contribution in [2.24, 2.45) is 0 Å². The number of fused-ring (bicyclic) bond motifs is 1. The molecule has 0 aliphatic carbocycles. The largest absolute Gasteiger partial charge is 0.375 e. The predicted octanol–water partition coefficient (Wildman–Crippen LogP) is 1.49. The summed E-state index contributed by atoms with van der Waals surface area (Å²) in [4.78, 5) is 8.13. The third-order valence-corrected chi connectivity index (χ3v) is 3.42. The van der Waals surface area contributed by atoms with Gasteiger partial charge >= 0.3 is 0 Å². The maximum atomic E-state index is 5.67. The van der Waals surface area contributed by atoms with Gasteiger partial charge in [0.15, 0.2) is 5.13 Å². The van der Waals surface area contributed by atoms with Crippen LogP contribution in [-0.4, -0.2) is 22.5 Å². The number of rotatable bonds is 1. The van der Waals surface area contributed by atoms with Gasteiger partial charge in [-0.1, -0.05) is 0 Å². The van der Waals surface area contributed by atoms with Crippen molar-refractivity contribution >= 4 is 16.5 Å². The van der Waals surface area contributed by atoms with E-state index >= 15 is 0 Å². The second-order valence-corrected chi connectivity index (χ2v) is 4.85. The Kier molecular flexibility index (Phi) is 2.26. The molecule has 1 aromatic heterocycles. The highest BCUT2D eigenvalue weighted by atomic mass is 32.1. The molecular weight excluding hydrogens is 182 g/mol. The molecule has 0 saturated heterocycles. The normalized spacial score (nSPS) is 17.8. The van der Waals surface area contributed by atoms with E-state index in [0.717, 1.165) is 24.6 Å². The van der Waals surface area contributed by atoms with Crippen LogP contribution < -0.4 is 5.73 Å². The Morgan fingerprint density at radius 3 is 3.00 bits per heavy atom. The number of nitrogens with two attached hydrogens (primary N) is 1. The molecule has 0 saturated carbocycles. The van der Waals surface area contributed by atoms with E-state index in [4.69, 9.17) is 5.73 Å². The van der Waals surface area contributed by atoms with Gasteiger partial charge in [0.1, 0.15) is 0 Å². The van der Waals surface area contributed by atoms with Gasteiger partial charge in [0.05, 0.1) is 5.69 Å². The maximum Gasteiger partial charge on any atom is 0.180 e. The minimum atomic E-state index is 0.622. The molecule has 0 spiro atoms. The van der Waals surface area contributed by atoms with Gasteiger partial charge in [0.25, 0.3) is 0 Å². The van der Waals surface area contributed by atoms with Crippen molar-refractivity contribution in [1.82, 2.24) is 9.88 Å². The maximum absolute atomic E-state index is 5.67. The molecule has 0 fully saturated rings. The topological polar surface area (TPSA) is 42.2 Å². The molecule has 2 rings (SSSR count). The van der Waals surface area contributed by atoms with Crippen LogP contribution in [0.3, 0.4) is 0 Å². The third-order valence-electron chi connectivity index (χ3n) is 2.51. The quantitative estimate of drug-likeness (QED) is 0.741. The lowest BCUT2D eigenvalue weighted by molar-refractivity contribution is 0.205. The summed E-state index contributed by atoms with van der Waals surface area (Å²) in [6.45, 7) is 6.61. The van der Waals surface area contributed by atoms with Crippen molar-refractivity contribution in [2.75, 3.05) is 12.3 Å². The number of thiazole rings is 1. The summed E-state index contributed by atoms with van der Waals surface area (Å²) >= 11 is 1.64. The zero-order valence-corrected chi connectivity index (χ0v) is 8.90. The number of hydrogen-bond donors (Lipinski definition) is 1. The van der Waals surface area contributed by atoms with Crippen LogP contribution in [0.2, 0.25) is 0 Å². The molecule has 0 radical (unpaired) electrons. The molecule has 2 N–H and O–H groups in total. The molecule has 1 aliphatic heterocycles. The van der Waals surface area contributed by atoms with Gasteiger partial charge in [0.2, 0.25) is 0 Å². The Labute approximate surface area is 82.6 Å². The highest BCUT2D eigenvalue weighted by Gasteiger charge is 2.21. The van der Waals surface area contributed by atoms with E-state index < -0.39 is 0 Å². The van der Waals surface area contributed by atoms with E-state index in [1.807, 2.05) is 0 Å². The summed E-state index contributed by atoms with van der Waals surface area (Å²) in [5, 5.41) is 0.718. The number of nitrogen functional groups attached to an aromatic ring is 1. The molecule has 0 bridgehead atoms. The van der Waals surface area contributed by atoms with E-state index in [2.05, 4.69) is 23.7 Å². The zero-order chi connectivity index (χ0) is 9.42. The third kappa shape index (κ3) is 1.69. The van der Waals surface area contributed by atoms with Crippen LogP contribution in [0.25, 0.3) is 0 Å². The van der Waals surface area contributed by atoms with Gasteiger partial charge in [-0.15, -0.1) is 11.3 Å². The summed E-state index contributed by atoms with van der Waals surface area (Å²) in [5.74, 6) is 0. The first-order valence-corrected chi connectivity index (χ1v) is 5.46. The lowest BCUT2D eigenvalue weighted by atomic mass is 10.1. The smallest absolute Gasteiger partial charge is 0.180 e. The van der Waals surface area contributed by atoms with Crippen molar-refractivity contribution < 1.29 is 0 Å². The SMILES string of the molecule is CC(C)N1CCc2nc(N)sc2C1. The minimum absolute atomic E-state index is 0.622. The summed E-state index contributed by atoms with van der Waals surface area (Å²) in [6.07, 6.45) is 1.06. The molecule has 1 aliphatic rings. The number of aromatic nitrogens is 1. The summed E-state index contributed by atoms with van der Waals surface area (Å²) in [7, 11) is 0. The fraction of sp³-hybridized carbons (Fsp3) is 0.667. The highest BCUT2D eigenvalue weighted by molar-refractivity contribution is 7.15. The Hall–Kier alpha value is -0.610. The lowest BCUT2D eigenvalue weighted by Crippen LogP contribution is -2.35. The van der Waals surface area contributed by atoms with Crippen LogP contribution >= 0.6 is 11.3 Å². The van der Waals surface area contributed by atoms with E-state index in [0.29, 0.717) is 6.04 Å². The monoisotopic (exact) mass is 197 g/mol. The van der Waals surface area contributed by atoms with Crippen LogP contribution in [-0.2, 0) is 13.0 Å². The molecule has 2 heterocycles. The Morgan fingerprint density at radius 1 is 1.54 bits per heavy atom. The Morgan fingerprint density at radius 2 is 2.31 bits per heavy atom. The van der Waals surface area contributed by atoms with E-state index in [9.17, 15) is 0 Å². The van der Waals surface area contributed by atoms with Crippen molar-refractivity contribution in [2.45, 2.75) is 32.9 Å². The molecular formula is C9H15N3S. The predicted molar refractivity (Wildman–Crippen MR) is 55.8 cm³/mol. The summed E-state index contributed by atoms with van der Waals surface area (Å²) in [6, 6.07) is 0.622. The first kappa shape index (κ1) is 8.97. The van der Waals surface area contributed by atoms with Gasteiger partial charge in [-0.3, -0.25) is 4.90 Å². The van der Waals surface area contributed by atoms with Crippen LogP contribution in [0, 0.1) is 0 Å². The average molecular weight is 197 g/mol. The minimum Gasteiger partial charge on any atom is -0.375 e. The van der Waals surface area contributed by atoms with Gasteiger partial charge < -0.3 is 5.73 Å². The second kappa shape index (κ2) is 3.27. The number of hydrogen-bond acceptors (Lipinski definition) is 4. The van der Waals surface area contributed by atoms with Gasteiger partial charge in [0, 0.05) is 30.4 Å². The van der Waals surface area contributed by atoms with E-state index in [-0.39, 0.29) is 0 Å². The van der Waals surface area contributed by atoms with Gasteiger partial charge in [-0.2, -0.15) is 0 Å². The van der Waals surface area contributed by atoms with Gasteiger partial charge in [-0.25, -0.2) is 4.98 Å². The summed E-state index contributed by atoms with van der Waals surface area (Å²) in [5.41, 5.74) is 6.89. The molecule has 1 aromatic rings. The highest BCUT2D eigenvalue weighted by Crippen LogP contribution is 2.26. The number of nitrogens with zero attached hydrogens (tertiary/aromatic N) is 2. The Bertz CT molecular complexity index is 306. The van der Waals surface area contributed by atoms with Crippen LogP contribution in [0.15, 0.2) is 0 Å². The van der Waals surface area contributed by atoms with E-state index in [1.54, 1.807) is 11.3 Å².